The van der Waals surface area contributed by atoms with E-state index in [1.165, 1.54) is 13.8 Å². The van der Waals surface area contributed by atoms with Gasteiger partial charge < -0.3 is 9.26 Å². The maximum Gasteiger partial charge on any atom is 0.425 e. The molecule has 1 aliphatic rings. The number of pyridine rings is 1. The lowest BCUT2D eigenvalue weighted by Gasteiger charge is -2.35. The summed E-state index contributed by atoms with van der Waals surface area (Å²) in [7, 11) is -3.60. The van der Waals surface area contributed by atoms with Gasteiger partial charge >= 0.3 is 6.18 Å². The standard InChI is InChI=1S/C21H25F4N3O5S/c1-12(21(23,24)25)32-17-8-15(26-10-14(17)20(22)6-5-7-20)16(29)9-19(3,11-34(4,30)31)18-27-13(2)33-28-18/h8,10,12H,5-7,9,11H2,1-4H3/t12-,19?/m0/s1. The van der Waals surface area contributed by atoms with Gasteiger partial charge in [0, 0.05) is 37.4 Å². The minimum atomic E-state index is -4.71. The average molecular weight is 508 g/mol. The van der Waals surface area contributed by atoms with Crippen molar-refractivity contribution in [3.8, 4) is 5.75 Å². The Labute approximate surface area is 194 Å². The smallest absolute Gasteiger partial charge is 0.425 e. The van der Waals surface area contributed by atoms with Crippen LogP contribution in [0.3, 0.4) is 0 Å². The number of aromatic nitrogens is 3. The van der Waals surface area contributed by atoms with E-state index in [0.717, 1.165) is 25.4 Å². The van der Waals surface area contributed by atoms with E-state index in [1.807, 2.05) is 0 Å². The topological polar surface area (TPSA) is 112 Å². The summed E-state index contributed by atoms with van der Waals surface area (Å²) in [6.45, 7) is 3.73. The highest BCUT2D eigenvalue weighted by Crippen LogP contribution is 2.48. The number of hydrogen-bond donors (Lipinski definition) is 0. The van der Waals surface area contributed by atoms with Crippen LogP contribution in [-0.4, -0.2) is 53.6 Å². The Kier molecular flexibility index (Phi) is 6.81. The van der Waals surface area contributed by atoms with Gasteiger partial charge in [-0.2, -0.15) is 18.2 Å². The highest BCUT2D eigenvalue weighted by molar-refractivity contribution is 7.90. The third-order valence-corrected chi connectivity index (χ3v) is 6.91. The molecule has 0 aliphatic heterocycles. The summed E-state index contributed by atoms with van der Waals surface area (Å²) in [6, 6.07) is 0.974. The minimum absolute atomic E-state index is 0.0141. The van der Waals surface area contributed by atoms with E-state index in [1.54, 1.807) is 0 Å². The molecule has 0 radical (unpaired) electrons. The molecule has 1 fully saturated rings. The summed E-state index contributed by atoms with van der Waals surface area (Å²) in [5.41, 5.74) is -3.74. The van der Waals surface area contributed by atoms with Crippen LogP contribution in [0.15, 0.2) is 16.8 Å². The molecule has 0 spiro atoms. The number of hydrogen-bond acceptors (Lipinski definition) is 8. The highest BCUT2D eigenvalue weighted by atomic mass is 32.2. The second-order valence-corrected chi connectivity index (χ2v) is 11.2. The molecule has 1 saturated carbocycles. The van der Waals surface area contributed by atoms with Crippen LogP contribution in [0.1, 0.15) is 67.3 Å². The van der Waals surface area contributed by atoms with Gasteiger partial charge in [-0.3, -0.25) is 9.78 Å². The van der Waals surface area contributed by atoms with Gasteiger partial charge in [-0.15, -0.1) is 0 Å². The van der Waals surface area contributed by atoms with Crippen molar-refractivity contribution in [2.75, 3.05) is 12.0 Å². The van der Waals surface area contributed by atoms with Crippen molar-refractivity contribution in [2.24, 2.45) is 0 Å². The first-order valence-electron chi connectivity index (χ1n) is 10.5. The number of carbonyl (C=O) groups excluding carboxylic acids is 1. The summed E-state index contributed by atoms with van der Waals surface area (Å²) in [6.07, 6.45) is -4.65. The summed E-state index contributed by atoms with van der Waals surface area (Å²) >= 11 is 0. The Balaban J connectivity index is 1.97. The predicted molar refractivity (Wildman–Crippen MR) is 112 cm³/mol. The van der Waals surface area contributed by atoms with Crippen molar-refractivity contribution in [3.63, 3.8) is 0 Å². The monoisotopic (exact) mass is 507 g/mol. The molecule has 2 atom stereocenters. The molecule has 0 amide bonds. The molecule has 3 rings (SSSR count). The zero-order valence-corrected chi connectivity index (χ0v) is 19.9. The van der Waals surface area contributed by atoms with Gasteiger partial charge in [0.25, 0.3) is 0 Å². The summed E-state index contributed by atoms with van der Waals surface area (Å²) in [5.74, 6) is -1.48. The Bertz CT molecular complexity index is 1180. The van der Waals surface area contributed by atoms with Crippen molar-refractivity contribution in [1.82, 2.24) is 15.1 Å². The first kappa shape index (κ1) is 26.0. The summed E-state index contributed by atoms with van der Waals surface area (Å²) < 4.78 is 88.4. The second kappa shape index (κ2) is 8.90. The Morgan fingerprint density at radius 1 is 1.32 bits per heavy atom. The molecule has 0 N–H and O–H groups in total. The molecular weight excluding hydrogens is 482 g/mol. The lowest BCUT2D eigenvalue weighted by Crippen LogP contribution is -2.36. The van der Waals surface area contributed by atoms with Crippen molar-refractivity contribution in [1.29, 1.82) is 0 Å². The van der Waals surface area contributed by atoms with Crippen LogP contribution in [0.5, 0.6) is 5.75 Å². The lowest BCUT2D eigenvalue weighted by molar-refractivity contribution is -0.189. The minimum Gasteiger partial charge on any atom is -0.481 e. The molecule has 13 heteroatoms. The first-order valence-corrected chi connectivity index (χ1v) is 12.5. The van der Waals surface area contributed by atoms with Crippen LogP contribution in [0.4, 0.5) is 17.6 Å². The third kappa shape index (κ3) is 5.73. The normalized spacial score (nSPS) is 18.6. The number of Topliss-reactive ketones (excluding diaryl/α,β-unsaturated/α-hetero) is 1. The van der Waals surface area contributed by atoms with Crippen LogP contribution in [0.25, 0.3) is 0 Å². The first-order chi connectivity index (χ1) is 15.5. The molecule has 2 aromatic heterocycles. The highest BCUT2D eigenvalue weighted by Gasteiger charge is 2.44. The molecule has 188 valence electrons. The molecule has 0 saturated heterocycles. The van der Waals surface area contributed by atoms with E-state index < -0.39 is 56.9 Å². The fourth-order valence-electron chi connectivity index (χ4n) is 3.80. The fraction of sp³-hybridized carbons (Fsp3) is 0.619. The molecule has 1 unspecified atom stereocenters. The molecular formula is C21H25F4N3O5S. The molecule has 2 aromatic rings. The van der Waals surface area contributed by atoms with Crippen LogP contribution < -0.4 is 4.74 Å². The molecule has 8 nitrogen and oxygen atoms in total. The van der Waals surface area contributed by atoms with E-state index in [4.69, 9.17) is 9.26 Å². The molecule has 2 heterocycles. The van der Waals surface area contributed by atoms with Crippen LogP contribution in [0, 0.1) is 6.92 Å². The number of ketones is 1. The SMILES string of the molecule is Cc1nc(C(C)(CC(=O)c2cc(O[C@@H](C)C(F)(F)F)c(C3(F)CCC3)cn2)CS(C)(=O)=O)no1. The largest absolute Gasteiger partial charge is 0.481 e. The van der Waals surface area contributed by atoms with E-state index in [2.05, 4.69) is 15.1 Å². The van der Waals surface area contributed by atoms with Crippen LogP contribution in [-0.2, 0) is 20.9 Å². The van der Waals surface area contributed by atoms with Crippen LogP contribution >= 0.6 is 0 Å². The number of carbonyl (C=O) groups is 1. The average Bonchev–Trinajstić information content (AvgIpc) is 3.11. The van der Waals surface area contributed by atoms with Gasteiger partial charge in [0.15, 0.2) is 17.7 Å². The van der Waals surface area contributed by atoms with Gasteiger partial charge in [-0.05, 0) is 26.2 Å². The Hall–Kier alpha value is -2.57. The molecule has 34 heavy (non-hydrogen) atoms. The van der Waals surface area contributed by atoms with Gasteiger partial charge in [0.2, 0.25) is 5.89 Å². The zero-order valence-electron chi connectivity index (χ0n) is 19.1. The number of alkyl halides is 4. The molecule has 1 aliphatic carbocycles. The molecule has 0 bridgehead atoms. The molecule has 0 aromatic carbocycles. The van der Waals surface area contributed by atoms with Crippen molar-refractivity contribution in [3.05, 3.63) is 35.2 Å². The fourth-order valence-corrected chi connectivity index (χ4v) is 5.19. The van der Waals surface area contributed by atoms with Gasteiger partial charge in [0.05, 0.1) is 11.2 Å². The maximum atomic E-state index is 15.1. The number of rotatable bonds is 9. The Morgan fingerprint density at radius 2 is 1.97 bits per heavy atom. The van der Waals surface area contributed by atoms with Gasteiger partial charge in [-0.25, -0.2) is 12.8 Å². The zero-order chi connectivity index (χ0) is 25.5. The lowest BCUT2D eigenvalue weighted by atomic mass is 9.77. The van der Waals surface area contributed by atoms with Crippen molar-refractivity contribution in [2.45, 2.75) is 69.8 Å². The number of nitrogens with zero attached hydrogens (tertiary/aromatic N) is 3. The van der Waals surface area contributed by atoms with Crippen LogP contribution in [0.2, 0.25) is 0 Å². The van der Waals surface area contributed by atoms with E-state index in [9.17, 15) is 26.4 Å². The van der Waals surface area contributed by atoms with E-state index >= 15 is 4.39 Å². The number of aryl methyl sites for hydroxylation is 1. The van der Waals surface area contributed by atoms with Crippen molar-refractivity contribution >= 4 is 15.6 Å². The van der Waals surface area contributed by atoms with Crippen molar-refractivity contribution < 1.29 is 40.0 Å². The summed E-state index contributed by atoms with van der Waals surface area (Å²) in [4.78, 5) is 21.1. The number of ether oxygens (including phenoxy) is 1. The van der Waals surface area contributed by atoms with E-state index in [-0.39, 0.29) is 35.8 Å². The number of halogens is 4. The Morgan fingerprint density at radius 3 is 2.44 bits per heavy atom. The van der Waals surface area contributed by atoms with Gasteiger partial charge in [0.1, 0.15) is 26.9 Å². The summed E-state index contributed by atoms with van der Waals surface area (Å²) in [5, 5.41) is 3.75. The maximum absolute atomic E-state index is 15.1. The quantitative estimate of drug-likeness (QED) is 0.369. The number of sulfone groups is 1. The third-order valence-electron chi connectivity index (χ3n) is 5.74. The van der Waals surface area contributed by atoms with Gasteiger partial charge in [-0.1, -0.05) is 12.1 Å². The van der Waals surface area contributed by atoms with E-state index in [0.29, 0.717) is 6.42 Å². The predicted octanol–water partition coefficient (Wildman–Crippen LogP) is 4.03. The second-order valence-electron chi connectivity index (χ2n) is 9.05.